The normalized spacial score (nSPS) is 24.9. The molecule has 5 aromatic rings. The fourth-order valence-corrected chi connectivity index (χ4v) is 7.29. The average Bonchev–Trinajstić information content (AvgIpc) is 3.56. The maximum Gasteiger partial charge on any atom is 0.266 e. The van der Waals surface area contributed by atoms with E-state index in [4.69, 9.17) is 4.98 Å². The van der Waals surface area contributed by atoms with Crippen LogP contribution in [0.3, 0.4) is 0 Å². The predicted molar refractivity (Wildman–Crippen MR) is 153 cm³/mol. The molecule has 0 radical (unpaired) electrons. The van der Waals surface area contributed by atoms with Gasteiger partial charge in [-0.05, 0) is 47.0 Å². The molecule has 7 nitrogen and oxygen atoms in total. The molecule has 196 valence electrons. The van der Waals surface area contributed by atoms with Crippen molar-refractivity contribution >= 4 is 39.2 Å². The monoisotopic (exact) mass is 526 g/mol. The number of carbonyl (C=O) groups is 2. The van der Waals surface area contributed by atoms with Crippen LogP contribution in [0.4, 0.5) is 5.69 Å². The second-order valence-corrected chi connectivity index (χ2v) is 11.4. The van der Waals surface area contributed by atoms with Crippen LogP contribution in [0.1, 0.15) is 25.2 Å². The summed E-state index contributed by atoms with van der Waals surface area (Å²) in [5, 5.41) is 6.26. The number of fused-ring (bicyclic) bond motifs is 9. The Labute approximate surface area is 230 Å². The largest absolute Gasteiger partial charge is 0.296 e. The molecule has 1 aromatic heterocycles. The van der Waals surface area contributed by atoms with Gasteiger partial charge < -0.3 is 0 Å². The molecular formula is C33H26N4O3. The SMILES string of the molecule is CC(C)C1NC2(c3ccccc3-n3c2nc2ccccc2c3=O)C2C(=O)N(c3ccc4ccccc4c3)C(=O)C12. The van der Waals surface area contributed by atoms with Gasteiger partial charge in [-0.15, -0.1) is 0 Å². The number of nitrogens with one attached hydrogen (secondary N) is 1. The van der Waals surface area contributed by atoms with Gasteiger partial charge in [-0.3, -0.25) is 24.3 Å². The summed E-state index contributed by atoms with van der Waals surface area (Å²) < 4.78 is 1.64. The third-order valence-electron chi connectivity index (χ3n) is 9.01. The third-order valence-corrected chi connectivity index (χ3v) is 9.01. The first-order chi connectivity index (χ1) is 19.4. The summed E-state index contributed by atoms with van der Waals surface area (Å²) in [6, 6.07) is 28.2. The predicted octanol–water partition coefficient (Wildman–Crippen LogP) is 4.53. The van der Waals surface area contributed by atoms with Crippen LogP contribution in [0.25, 0.3) is 27.4 Å². The van der Waals surface area contributed by atoms with E-state index < -0.39 is 17.4 Å². The zero-order chi connectivity index (χ0) is 27.3. The van der Waals surface area contributed by atoms with E-state index in [-0.39, 0.29) is 29.3 Å². The van der Waals surface area contributed by atoms with Gasteiger partial charge in [0.1, 0.15) is 11.4 Å². The molecule has 0 aliphatic carbocycles. The van der Waals surface area contributed by atoms with Crippen LogP contribution in [-0.4, -0.2) is 27.4 Å². The highest BCUT2D eigenvalue weighted by molar-refractivity contribution is 6.23. The molecule has 4 atom stereocenters. The molecule has 7 heteroatoms. The number of carbonyl (C=O) groups excluding carboxylic acids is 2. The molecule has 1 spiro atoms. The highest BCUT2D eigenvalue weighted by Crippen LogP contribution is 2.56. The first kappa shape index (κ1) is 23.3. The molecular weight excluding hydrogens is 500 g/mol. The van der Waals surface area contributed by atoms with E-state index in [1.165, 1.54) is 4.90 Å². The van der Waals surface area contributed by atoms with Crippen molar-refractivity contribution in [3.05, 3.63) is 113 Å². The van der Waals surface area contributed by atoms with E-state index in [0.29, 0.717) is 28.1 Å². The van der Waals surface area contributed by atoms with Gasteiger partial charge in [-0.25, -0.2) is 9.88 Å². The van der Waals surface area contributed by atoms with Crippen molar-refractivity contribution in [2.45, 2.75) is 25.4 Å². The number of para-hydroxylation sites is 2. The van der Waals surface area contributed by atoms with Crippen LogP contribution < -0.4 is 15.8 Å². The lowest BCUT2D eigenvalue weighted by molar-refractivity contribution is -0.123. The van der Waals surface area contributed by atoms with Crippen LogP contribution in [0.2, 0.25) is 0 Å². The standard InChI is InChI=1S/C33H26N4O3/c1-18(2)28-26-27(31(40)36(30(26)39)21-16-15-19-9-3-4-10-20(19)17-21)33(35-28)23-12-6-8-14-25(23)37-29(38)22-11-5-7-13-24(22)34-32(33)37/h3-18,26-28,35H,1-2H3. The average molecular weight is 527 g/mol. The summed E-state index contributed by atoms with van der Waals surface area (Å²) >= 11 is 0. The summed E-state index contributed by atoms with van der Waals surface area (Å²) in [5.74, 6) is -1.34. The van der Waals surface area contributed by atoms with Gasteiger partial charge in [-0.1, -0.05) is 74.5 Å². The van der Waals surface area contributed by atoms with Crippen molar-refractivity contribution in [2.75, 3.05) is 4.90 Å². The Balaban J connectivity index is 1.40. The number of benzene rings is 4. The fraction of sp³-hybridized carbons (Fsp3) is 0.212. The Bertz CT molecular complexity index is 1980. The summed E-state index contributed by atoms with van der Waals surface area (Å²) in [7, 11) is 0. The molecule has 40 heavy (non-hydrogen) atoms. The molecule has 1 N–H and O–H groups in total. The van der Waals surface area contributed by atoms with Gasteiger partial charge in [0, 0.05) is 11.6 Å². The Morgan fingerprint density at radius 2 is 1.55 bits per heavy atom. The molecule has 2 amide bonds. The number of imide groups is 1. The summed E-state index contributed by atoms with van der Waals surface area (Å²) in [6.45, 7) is 4.12. The Morgan fingerprint density at radius 1 is 0.825 bits per heavy atom. The molecule has 2 fully saturated rings. The van der Waals surface area contributed by atoms with E-state index in [1.807, 2.05) is 84.9 Å². The van der Waals surface area contributed by atoms with E-state index in [2.05, 4.69) is 19.2 Å². The highest BCUT2D eigenvalue weighted by Gasteiger charge is 2.70. The smallest absolute Gasteiger partial charge is 0.266 e. The van der Waals surface area contributed by atoms with Crippen molar-refractivity contribution < 1.29 is 9.59 Å². The molecule has 0 bridgehead atoms. The minimum absolute atomic E-state index is 0.0496. The topological polar surface area (TPSA) is 84.3 Å². The molecule has 3 aliphatic rings. The van der Waals surface area contributed by atoms with Gasteiger partial charge in [0.25, 0.3) is 5.56 Å². The van der Waals surface area contributed by atoms with Crippen LogP contribution in [-0.2, 0) is 15.1 Å². The molecule has 4 aromatic carbocycles. The van der Waals surface area contributed by atoms with Crippen LogP contribution in [0, 0.1) is 17.8 Å². The minimum Gasteiger partial charge on any atom is -0.296 e. The number of amides is 2. The third kappa shape index (κ3) is 2.77. The highest BCUT2D eigenvalue weighted by atomic mass is 16.2. The van der Waals surface area contributed by atoms with Crippen LogP contribution in [0.15, 0.2) is 95.8 Å². The summed E-state index contributed by atoms with van der Waals surface area (Å²) in [6.07, 6.45) is 0. The number of hydrogen-bond donors (Lipinski definition) is 1. The number of aromatic nitrogens is 2. The van der Waals surface area contributed by atoms with Gasteiger partial charge >= 0.3 is 0 Å². The lowest BCUT2D eigenvalue weighted by Crippen LogP contribution is -2.51. The first-order valence-corrected chi connectivity index (χ1v) is 13.7. The van der Waals surface area contributed by atoms with Crippen molar-refractivity contribution in [1.82, 2.24) is 14.9 Å². The zero-order valence-electron chi connectivity index (χ0n) is 22.0. The van der Waals surface area contributed by atoms with Crippen molar-refractivity contribution in [2.24, 2.45) is 17.8 Å². The minimum atomic E-state index is -1.13. The van der Waals surface area contributed by atoms with Gasteiger partial charge in [0.05, 0.1) is 34.1 Å². The van der Waals surface area contributed by atoms with Gasteiger partial charge in [-0.2, -0.15) is 0 Å². The lowest BCUT2D eigenvalue weighted by atomic mass is 9.75. The molecule has 4 unspecified atom stereocenters. The maximum absolute atomic E-state index is 14.6. The van der Waals surface area contributed by atoms with Crippen molar-refractivity contribution in [1.29, 1.82) is 0 Å². The van der Waals surface area contributed by atoms with Crippen LogP contribution >= 0.6 is 0 Å². The van der Waals surface area contributed by atoms with Gasteiger partial charge in [0.2, 0.25) is 11.8 Å². The number of rotatable bonds is 2. The Morgan fingerprint density at radius 3 is 2.38 bits per heavy atom. The molecule has 3 aliphatic heterocycles. The fourth-order valence-electron chi connectivity index (χ4n) is 7.29. The lowest BCUT2D eigenvalue weighted by Gasteiger charge is -2.32. The number of anilines is 1. The number of nitrogens with zero attached hydrogens (tertiary/aromatic N) is 3. The second-order valence-electron chi connectivity index (χ2n) is 11.4. The van der Waals surface area contributed by atoms with E-state index in [1.54, 1.807) is 10.6 Å². The Hall–Kier alpha value is -4.62. The van der Waals surface area contributed by atoms with Crippen molar-refractivity contribution in [3.63, 3.8) is 0 Å². The molecule has 0 saturated carbocycles. The quantitative estimate of drug-likeness (QED) is 0.342. The van der Waals surface area contributed by atoms with Crippen LogP contribution in [0.5, 0.6) is 0 Å². The molecule has 4 heterocycles. The molecule has 8 rings (SSSR count). The van der Waals surface area contributed by atoms with E-state index in [0.717, 1.165) is 16.3 Å². The first-order valence-electron chi connectivity index (χ1n) is 13.7. The van der Waals surface area contributed by atoms with Gasteiger partial charge in [0.15, 0.2) is 0 Å². The second kappa shape index (κ2) is 7.96. The number of hydrogen-bond acceptors (Lipinski definition) is 5. The zero-order valence-corrected chi connectivity index (χ0v) is 22.0. The maximum atomic E-state index is 14.6. The van der Waals surface area contributed by atoms with E-state index >= 15 is 0 Å². The Kier molecular flexibility index (Phi) is 4.63. The van der Waals surface area contributed by atoms with Crippen molar-refractivity contribution in [3.8, 4) is 5.69 Å². The molecule has 2 saturated heterocycles. The van der Waals surface area contributed by atoms with E-state index in [9.17, 15) is 14.4 Å². The summed E-state index contributed by atoms with van der Waals surface area (Å²) in [4.78, 5) is 49.2. The summed E-state index contributed by atoms with van der Waals surface area (Å²) in [5.41, 5.74) is 1.32.